The number of nitrogens with one attached hydrogen (secondary N) is 2. The van der Waals surface area contributed by atoms with E-state index in [1.165, 1.54) is 30.6 Å². The molecule has 2 atom stereocenters. The van der Waals surface area contributed by atoms with Gasteiger partial charge in [-0.1, -0.05) is 88.0 Å². The fraction of sp³-hybridized carbons (Fsp3) is 0.900. The van der Waals surface area contributed by atoms with Crippen molar-refractivity contribution in [2.45, 2.75) is 137 Å². The summed E-state index contributed by atoms with van der Waals surface area (Å²) < 4.78 is 23.5. The highest BCUT2D eigenvalue weighted by atomic mass is 32.2. The van der Waals surface area contributed by atoms with Crippen LogP contribution in [0.15, 0.2) is 0 Å². The minimum atomic E-state index is -2.77. The van der Waals surface area contributed by atoms with Crippen molar-refractivity contribution in [3.8, 4) is 0 Å². The Hall–Kier alpha value is -1.33. The van der Waals surface area contributed by atoms with Crippen LogP contribution in [-0.4, -0.2) is 85.7 Å². The van der Waals surface area contributed by atoms with E-state index in [4.69, 9.17) is 5.11 Å². The molecule has 2 unspecified atom stereocenters. The molecule has 3 rings (SSSR count). The number of sulfone groups is 1. The molecule has 2 saturated heterocycles. The van der Waals surface area contributed by atoms with Crippen molar-refractivity contribution in [3.63, 3.8) is 0 Å². The molecule has 2 heterocycles. The molecule has 0 aromatic carbocycles. The zero-order valence-electron chi connectivity index (χ0n) is 28.1. The minimum absolute atomic E-state index is 0.104. The third kappa shape index (κ3) is 18.7. The molecule has 9 nitrogen and oxygen atoms in total. The van der Waals surface area contributed by atoms with Crippen LogP contribution in [0.2, 0.25) is 0 Å². The lowest BCUT2D eigenvalue weighted by Crippen LogP contribution is -2.60. The summed E-state index contributed by atoms with van der Waals surface area (Å²) in [7, 11) is -0.841. The Bertz CT molecular complexity index is 738. The van der Waals surface area contributed by atoms with E-state index in [2.05, 4.69) is 44.0 Å². The van der Waals surface area contributed by atoms with Crippen molar-refractivity contribution in [1.29, 1.82) is 0 Å². The summed E-state index contributed by atoms with van der Waals surface area (Å²) in [5.74, 6) is -0.0925. The molecule has 1 aliphatic carbocycles. The molecular formula is C30H65N3O6S2. The molecule has 0 aromatic heterocycles. The number of carbonyl (C=O) groups excluding carboxylic acids is 2. The van der Waals surface area contributed by atoms with Gasteiger partial charge < -0.3 is 20.6 Å². The van der Waals surface area contributed by atoms with Gasteiger partial charge in [-0.25, -0.2) is 13.2 Å². The summed E-state index contributed by atoms with van der Waals surface area (Å²) in [5.41, 5.74) is -0.104. The van der Waals surface area contributed by atoms with Crippen molar-refractivity contribution < 1.29 is 27.9 Å². The fourth-order valence-corrected chi connectivity index (χ4v) is 6.59. The third-order valence-electron chi connectivity index (χ3n) is 6.40. The lowest BCUT2D eigenvalue weighted by atomic mass is 9.85. The molecule has 11 heteroatoms. The van der Waals surface area contributed by atoms with Gasteiger partial charge in [-0.2, -0.15) is 12.6 Å². The van der Waals surface area contributed by atoms with Crippen LogP contribution in [0.1, 0.15) is 120 Å². The molecule has 41 heavy (non-hydrogen) atoms. The van der Waals surface area contributed by atoms with Crippen LogP contribution in [0.3, 0.4) is 0 Å². The number of amides is 2. The zero-order valence-corrected chi connectivity index (χ0v) is 29.8. The second kappa shape index (κ2) is 28.8. The van der Waals surface area contributed by atoms with E-state index in [1.54, 1.807) is 6.26 Å². The van der Waals surface area contributed by atoms with Gasteiger partial charge in [-0.05, 0) is 51.3 Å². The standard InChI is InChI=1S/C11H21NO2S.C8H12N2O4.C4H10.3C2H6.CH4S/c1-12-11(7-4-2-3-5-8-11)10-6-9-15(10,13)14;11-5-9-4-7(12)10-3-1-2-6(10)8(13)14;1-4(2)3;4*1-2/h10,12H,2-9H2,1H3;5-6H,1-4H2,(H,9,11)(H,13,14);4H,1-3H3;3*1-2H3;2H,1H3. The minimum Gasteiger partial charge on any atom is -0.480 e. The first-order chi connectivity index (χ1) is 19.5. The fourth-order valence-electron chi connectivity index (χ4n) is 4.69. The monoisotopic (exact) mass is 627 g/mol. The van der Waals surface area contributed by atoms with Gasteiger partial charge in [0.25, 0.3) is 0 Å². The lowest BCUT2D eigenvalue weighted by Gasteiger charge is -2.44. The predicted molar refractivity (Wildman–Crippen MR) is 178 cm³/mol. The maximum Gasteiger partial charge on any atom is 0.326 e. The van der Waals surface area contributed by atoms with Crippen molar-refractivity contribution in [1.82, 2.24) is 15.5 Å². The van der Waals surface area contributed by atoms with Crippen LogP contribution < -0.4 is 10.6 Å². The second-order valence-corrected chi connectivity index (χ2v) is 12.1. The normalized spacial score (nSPS) is 21.0. The average Bonchev–Trinajstić information content (AvgIpc) is 3.36. The van der Waals surface area contributed by atoms with Gasteiger partial charge in [0, 0.05) is 12.1 Å². The smallest absolute Gasteiger partial charge is 0.326 e. The molecule has 3 aliphatic rings. The molecule has 0 aromatic rings. The van der Waals surface area contributed by atoms with Crippen molar-refractivity contribution in [2.75, 3.05) is 32.1 Å². The summed E-state index contributed by atoms with van der Waals surface area (Å²) in [4.78, 5) is 33.3. The Morgan fingerprint density at radius 3 is 1.73 bits per heavy atom. The number of nitrogens with zero attached hydrogens (tertiary/aromatic N) is 1. The van der Waals surface area contributed by atoms with Gasteiger partial charge in [0.05, 0.1) is 17.5 Å². The average molecular weight is 628 g/mol. The topological polar surface area (TPSA) is 133 Å². The molecule has 1 saturated carbocycles. The Balaban J connectivity index is -0.000000244. The number of likely N-dealkylation sites (tertiary alicyclic amines) is 1. The molecule has 0 spiro atoms. The summed E-state index contributed by atoms with van der Waals surface area (Å²) in [6.07, 6.45) is 11.1. The number of aliphatic carboxylic acids is 1. The van der Waals surface area contributed by atoms with E-state index in [1.807, 2.05) is 48.6 Å². The highest BCUT2D eigenvalue weighted by Crippen LogP contribution is 2.39. The number of thiol groups is 1. The van der Waals surface area contributed by atoms with E-state index in [0.29, 0.717) is 31.5 Å². The number of hydrogen-bond acceptors (Lipinski definition) is 7. The number of carboxylic acid groups (broad SMARTS) is 1. The molecule has 0 radical (unpaired) electrons. The van der Waals surface area contributed by atoms with Gasteiger partial charge in [-0.3, -0.25) is 9.59 Å². The first-order valence-corrected chi connectivity index (χ1v) is 18.2. The predicted octanol–water partition coefficient (Wildman–Crippen LogP) is 5.58. The number of rotatable bonds is 6. The van der Waals surface area contributed by atoms with Crippen LogP contribution >= 0.6 is 12.6 Å². The third-order valence-corrected chi connectivity index (χ3v) is 8.76. The van der Waals surface area contributed by atoms with Gasteiger partial charge in [0.1, 0.15) is 6.04 Å². The lowest BCUT2D eigenvalue weighted by molar-refractivity contribution is -0.147. The van der Waals surface area contributed by atoms with Gasteiger partial charge in [0.15, 0.2) is 9.84 Å². The quantitative estimate of drug-likeness (QED) is 0.172. The Labute approximate surface area is 258 Å². The number of carboxylic acids is 1. The number of carbonyl (C=O) groups is 3. The van der Waals surface area contributed by atoms with E-state index in [9.17, 15) is 22.8 Å². The van der Waals surface area contributed by atoms with Crippen LogP contribution in [0.4, 0.5) is 0 Å². The van der Waals surface area contributed by atoms with Crippen LogP contribution in [0.5, 0.6) is 0 Å². The summed E-state index contributed by atoms with van der Waals surface area (Å²) >= 11 is 3.53. The Morgan fingerprint density at radius 1 is 0.951 bits per heavy atom. The van der Waals surface area contributed by atoms with Crippen molar-refractivity contribution >= 4 is 40.8 Å². The van der Waals surface area contributed by atoms with Crippen molar-refractivity contribution in [2.24, 2.45) is 5.92 Å². The molecule has 3 fully saturated rings. The van der Waals surface area contributed by atoms with E-state index >= 15 is 0 Å². The van der Waals surface area contributed by atoms with Gasteiger partial charge >= 0.3 is 5.97 Å². The maximum atomic E-state index is 11.8. The van der Waals surface area contributed by atoms with Crippen LogP contribution in [0, 0.1) is 5.92 Å². The van der Waals surface area contributed by atoms with E-state index < -0.39 is 21.8 Å². The zero-order chi connectivity index (χ0) is 33.1. The van der Waals surface area contributed by atoms with Gasteiger partial charge in [0.2, 0.25) is 12.3 Å². The van der Waals surface area contributed by atoms with Crippen LogP contribution in [0.25, 0.3) is 0 Å². The molecular weight excluding hydrogens is 562 g/mol. The molecule has 3 N–H and O–H groups in total. The molecule has 2 amide bonds. The summed E-state index contributed by atoms with van der Waals surface area (Å²) in [6.45, 7) is 18.8. The largest absolute Gasteiger partial charge is 0.480 e. The Morgan fingerprint density at radius 2 is 1.41 bits per heavy atom. The first kappa shape index (κ1) is 46.6. The van der Waals surface area contributed by atoms with E-state index in [-0.39, 0.29) is 23.2 Å². The van der Waals surface area contributed by atoms with E-state index in [0.717, 1.165) is 25.2 Å². The van der Waals surface area contributed by atoms with Gasteiger partial charge in [-0.15, -0.1) is 0 Å². The molecule has 248 valence electrons. The maximum absolute atomic E-state index is 11.8. The summed E-state index contributed by atoms with van der Waals surface area (Å²) in [5, 5.41) is 14.2. The van der Waals surface area contributed by atoms with Crippen LogP contribution in [-0.2, 0) is 24.2 Å². The second-order valence-electron chi connectivity index (χ2n) is 9.78. The Kier molecular flexibility index (Phi) is 32.7. The van der Waals surface area contributed by atoms with Crippen molar-refractivity contribution in [3.05, 3.63) is 0 Å². The molecule has 0 bridgehead atoms. The SMILES string of the molecule is CC.CC.CC.CC(C)C.CNC1(C2CCS2(=O)=O)CCCCCC1.CS.O=CNCC(=O)N1CCCC1C(=O)O. The highest BCUT2D eigenvalue weighted by Gasteiger charge is 2.50. The highest BCUT2D eigenvalue weighted by molar-refractivity contribution is 7.93. The number of hydrogen-bond donors (Lipinski definition) is 4. The summed E-state index contributed by atoms with van der Waals surface area (Å²) in [6, 6.07) is -0.726. The first-order valence-electron chi connectivity index (χ1n) is 15.5. The molecule has 2 aliphatic heterocycles.